The number of amides is 2. The number of carbonyl (C=O) groups is 3. The maximum absolute atomic E-state index is 12.6. The topological polar surface area (TPSA) is 159 Å². The first-order chi connectivity index (χ1) is 11.7. The molecule has 3 heterocycles. The molecule has 0 aliphatic carbocycles. The summed E-state index contributed by atoms with van der Waals surface area (Å²) >= 11 is 0. The molecule has 0 spiro atoms. The molecule has 2 N–H and O–H groups in total. The van der Waals surface area contributed by atoms with Crippen LogP contribution in [0.1, 0.15) is 23.7 Å². The van der Waals surface area contributed by atoms with Gasteiger partial charge in [0.15, 0.2) is 15.9 Å². The fourth-order valence-electron chi connectivity index (χ4n) is 2.90. The number of hydrogen-bond acceptors (Lipinski definition) is 8. The molecule has 25 heavy (non-hydrogen) atoms. The summed E-state index contributed by atoms with van der Waals surface area (Å²) in [6.45, 7) is 1.16. The number of carboxylic acid groups (broad SMARTS) is 1. The quantitative estimate of drug-likeness (QED) is 0.365. The number of carboxylic acids is 1. The lowest BCUT2D eigenvalue weighted by atomic mass is 9.97. The molecule has 3 rings (SSSR count). The Bertz CT molecular complexity index is 885. The summed E-state index contributed by atoms with van der Waals surface area (Å²) in [7, 11) is -4.02. The smallest absolute Gasteiger partial charge is 0.328 e. The Morgan fingerprint density at radius 3 is 2.64 bits per heavy atom. The molecule has 2 saturated heterocycles. The molecule has 0 bridgehead atoms. The standard InChI is InChI=1S/C13H13N5O6S/c1-13(5-16-17-11(20)7-3-14-6-15-4-7)10(12(21)22)18-8(19)2-9(18)25(13,23)24/h3-6,9-10H,2H2,1H3,(H,17,20)(H,21,22)/b16-5+/t9-,10+,13+/m1/s1. The third-order valence-electron chi connectivity index (χ3n) is 4.28. The van der Waals surface area contributed by atoms with E-state index in [-0.39, 0.29) is 12.0 Å². The average molecular weight is 367 g/mol. The van der Waals surface area contributed by atoms with Gasteiger partial charge in [-0.2, -0.15) is 5.10 Å². The number of aliphatic carboxylic acids is 1. The lowest BCUT2D eigenvalue weighted by molar-refractivity contribution is -0.156. The maximum Gasteiger partial charge on any atom is 0.328 e. The summed E-state index contributed by atoms with van der Waals surface area (Å²) in [5.41, 5.74) is 2.19. The normalized spacial score (nSPS) is 30.0. The van der Waals surface area contributed by atoms with Gasteiger partial charge in [-0.1, -0.05) is 0 Å². The Morgan fingerprint density at radius 2 is 2.08 bits per heavy atom. The Kier molecular flexibility index (Phi) is 3.78. The molecule has 1 aromatic heterocycles. The number of carbonyl (C=O) groups excluding carboxylic acids is 2. The molecule has 12 heteroatoms. The van der Waals surface area contributed by atoms with E-state index in [0.717, 1.165) is 18.0 Å². The van der Waals surface area contributed by atoms with Gasteiger partial charge in [-0.3, -0.25) is 9.59 Å². The zero-order valence-electron chi connectivity index (χ0n) is 12.9. The number of hydrazone groups is 1. The highest BCUT2D eigenvalue weighted by atomic mass is 32.2. The van der Waals surface area contributed by atoms with Crippen molar-refractivity contribution in [1.29, 1.82) is 0 Å². The van der Waals surface area contributed by atoms with Crippen LogP contribution in [0.4, 0.5) is 0 Å². The SMILES string of the molecule is C[C@]1(/C=N/NC(=O)c2cncnc2)[C@H](C(=O)O)N2C(=O)C[C@H]2S1(=O)=O. The highest BCUT2D eigenvalue weighted by Gasteiger charge is 2.69. The van der Waals surface area contributed by atoms with Crippen LogP contribution in [-0.4, -0.2) is 68.6 Å². The Labute approximate surface area is 141 Å². The van der Waals surface area contributed by atoms with Crippen molar-refractivity contribution in [2.24, 2.45) is 5.10 Å². The van der Waals surface area contributed by atoms with E-state index in [0.29, 0.717) is 0 Å². The zero-order valence-corrected chi connectivity index (χ0v) is 13.7. The van der Waals surface area contributed by atoms with Crippen molar-refractivity contribution in [3.8, 4) is 0 Å². The first-order valence-corrected chi connectivity index (χ1v) is 8.62. The number of nitrogens with one attached hydrogen (secondary N) is 1. The van der Waals surface area contributed by atoms with E-state index < -0.39 is 43.8 Å². The van der Waals surface area contributed by atoms with E-state index in [1.165, 1.54) is 18.7 Å². The highest BCUT2D eigenvalue weighted by molar-refractivity contribution is 7.94. The highest BCUT2D eigenvalue weighted by Crippen LogP contribution is 2.45. The molecule has 0 saturated carbocycles. The van der Waals surface area contributed by atoms with Gasteiger partial charge in [-0.15, -0.1) is 0 Å². The van der Waals surface area contributed by atoms with E-state index in [1.54, 1.807) is 0 Å². The van der Waals surface area contributed by atoms with Gasteiger partial charge >= 0.3 is 5.97 Å². The largest absolute Gasteiger partial charge is 0.480 e. The zero-order chi connectivity index (χ0) is 18.4. The molecular weight excluding hydrogens is 354 g/mol. The molecule has 11 nitrogen and oxygen atoms in total. The summed E-state index contributed by atoms with van der Waals surface area (Å²) in [5.74, 6) is -2.71. The van der Waals surface area contributed by atoms with Crippen molar-refractivity contribution in [3.63, 3.8) is 0 Å². The average Bonchev–Trinajstić information content (AvgIpc) is 2.70. The van der Waals surface area contributed by atoms with Crippen molar-refractivity contribution in [1.82, 2.24) is 20.3 Å². The van der Waals surface area contributed by atoms with E-state index in [9.17, 15) is 27.9 Å². The van der Waals surface area contributed by atoms with E-state index in [2.05, 4.69) is 20.5 Å². The Balaban J connectivity index is 1.87. The first-order valence-electron chi connectivity index (χ1n) is 7.07. The number of β-lactam (4-membered cyclic amide) rings is 1. The van der Waals surface area contributed by atoms with Gasteiger partial charge < -0.3 is 10.0 Å². The first kappa shape index (κ1) is 17.0. The second-order valence-corrected chi connectivity index (χ2v) is 8.27. The van der Waals surface area contributed by atoms with Crippen LogP contribution in [0.3, 0.4) is 0 Å². The summed E-state index contributed by atoms with van der Waals surface area (Å²) in [5, 5.41) is 11.8. The molecule has 2 aliphatic heterocycles. The van der Waals surface area contributed by atoms with Gasteiger partial charge in [0.25, 0.3) is 5.91 Å². The van der Waals surface area contributed by atoms with Crippen molar-refractivity contribution >= 4 is 33.8 Å². The molecule has 2 amide bonds. The Morgan fingerprint density at radius 1 is 1.44 bits per heavy atom. The third kappa shape index (κ3) is 2.36. The van der Waals surface area contributed by atoms with Crippen molar-refractivity contribution in [2.45, 2.75) is 29.5 Å². The molecule has 132 valence electrons. The number of hydrogen-bond donors (Lipinski definition) is 2. The predicted octanol–water partition coefficient (Wildman–Crippen LogP) is -1.61. The minimum atomic E-state index is -4.02. The van der Waals surface area contributed by atoms with Crippen molar-refractivity contribution < 1.29 is 27.9 Å². The summed E-state index contributed by atoms with van der Waals surface area (Å²) in [4.78, 5) is 43.2. The van der Waals surface area contributed by atoms with E-state index in [1.807, 2.05) is 0 Å². The molecule has 2 fully saturated rings. The number of fused-ring (bicyclic) bond motifs is 1. The number of sulfone groups is 1. The van der Waals surface area contributed by atoms with Crippen LogP contribution in [0.5, 0.6) is 0 Å². The van der Waals surface area contributed by atoms with E-state index in [4.69, 9.17) is 0 Å². The van der Waals surface area contributed by atoms with Crippen LogP contribution in [-0.2, 0) is 19.4 Å². The monoisotopic (exact) mass is 367 g/mol. The van der Waals surface area contributed by atoms with Gasteiger partial charge in [0.2, 0.25) is 5.91 Å². The predicted molar refractivity (Wildman–Crippen MR) is 82.0 cm³/mol. The molecule has 0 unspecified atom stereocenters. The molecule has 1 aromatic rings. The second-order valence-electron chi connectivity index (χ2n) is 5.76. The van der Waals surface area contributed by atoms with Crippen LogP contribution in [0.25, 0.3) is 0 Å². The number of rotatable bonds is 4. The molecule has 2 aliphatic rings. The molecule has 3 atom stereocenters. The molecule has 0 aromatic carbocycles. The lowest BCUT2D eigenvalue weighted by Gasteiger charge is -2.35. The van der Waals surface area contributed by atoms with Gasteiger partial charge in [-0.25, -0.2) is 28.6 Å². The summed E-state index contributed by atoms with van der Waals surface area (Å²) in [6.07, 6.45) is 4.27. The summed E-state index contributed by atoms with van der Waals surface area (Å²) < 4.78 is 23.2. The van der Waals surface area contributed by atoms with Crippen LogP contribution >= 0.6 is 0 Å². The lowest BCUT2D eigenvalue weighted by Crippen LogP contribution is -2.57. The number of aromatic nitrogens is 2. The van der Waals surface area contributed by atoms with Crippen molar-refractivity contribution in [2.75, 3.05) is 0 Å². The van der Waals surface area contributed by atoms with Crippen LogP contribution in [0.15, 0.2) is 23.8 Å². The third-order valence-corrected chi connectivity index (χ3v) is 6.95. The van der Waals surface area contributed by atoms with Gasteiger partial charge in [0.1, 0.15) is 16.4 Å². The van der Waals surface area contributed by atoms with Crippen LogP contribution < -0.4 is 5.43 Å². The van der Waals surface area contributed by atoms with E-state index >= 15 is 0 Å². The fourth-order valence-corrected chi connectivity index (χ4v) is 5.12. The fraction of sp³-hybridized carbons (Fsp3) is 0.385. The maximum atomic E-state index is 12.6. The van der Waals surface area contributed by atoms with Crippen molar-refractivity contribution in [3.05, 3.63) is 24.3 Å². The van der Waals surface area contributed by atoms with Gasteiger partial charge in [0.05, 0.1) is 12.0 Å². The Hall–Kier alpha value is -2.89. The molecule has 0 radical (unpaired) electrons. The van der Waals surface area contributed by atoms with Crippen LogP contribution in [0, 0.1) is 0 Å². The van der Waals surface area contributed by atoms with Gasteiger partial charge in [-0.05, 0) is 6.92 Å². The summed E-state index contributed by atoms with van der Waals surface area (Å²) in [6, 6.07) is -1.61. The van der Waals surface area contributed by atoms with Crippen LogP contribution in [0.2, 0.25) is 0 Å². The number of nitrogens with zero attached hydrogens (tertiary/aromatic N) is 4. The van der Waals surface area contributed by atoms with Gasteiger partial charge in [0, 0.05) is 18.6 Å². The minimum absolute atomic E-state index is 0.0906. The minimum Gasteiger partial charge on any atom is -0.480 e. The molecular formula is C13H13N5O6S. The second kappa shape index (κ2) is 5.58.